The van der Waals surface area contributed by atoms with Crippen molar-refractivity contribution in [3.8, 4) is 0 Å². The van der Waals surface area contributed by atoms with Crippen LogP contribution in [-0.4, -0.2) is 75.4 Å². The summed E-state index contributed by atoms with van der Waals surface area (Å²) in [7, 11) is -2.98. The van der Waals surface area contributed by atoms with E-state index >= 15 is 0 Å². The second-order valence-corrected chi connectivity index (χ2v) is 8.98. The number of hydrogen-bond donors (Lipinski definition) is 2. The van der Waals surface area contributed by atoms with E-state index in [1.54, 1.807) is 0 Å². The second-order valence-electron chi connectivity index (χ2n) is 6.75. The third-order valence-corrected chi connectivity index (χ3v) is 6.55. The summed E-state index contributed by atoms with van der Waals surface area (Å²) in [6.45, 7) is 3.00. The molecule has 0 unspecified atom stereocenters. The maximum Gasteiger partial charge on any atom is 0.275 e. The molecule has 136 valence electrons. The summed E-state index contributed by atoms with van der Waals surface area (Å²) in [5.74, 6) is 0.124. The molecule has 25 heavy (non-hydrogen) atoms. The number of carbonyl (C=O) groups excluding carboxylic acids is 2. The highest BCUT2D eigenvalue weighted by molar-refractivity contribution is 7.91. The molecule has 1 aromatic rings. The zero-order valence-electron chi connectivity index (χ0n) is 14.1. The maximum absolute atomic E-state index is 12.4. The summed E-state index contributed by atoms with van der Waals surface area (Å²) in [5, 5.41) is 2.82. The maximum atomic E-state index is 12.4. The van der Waals surface area contributed by atoms with Gasteiger partial charge in [0, 0.05) is 11.6 Å². The average molecular weight is 366 g/mol. The van der Waals surface area contributed by atoms with Gasteiger partial charge in [-0.25, -0.2) is 8.42 Å². The van der Waals surface area contributed by atoms with Gasteiger partial charge in [-0.1, -0.05) is 18.2 Å². The van der Waals surface area contributed by atoms with Crippen LogP contribution in [0.4, 0.5) is 0 Å². The van der Waals surface area contributed by atoms with E-state index in [2.05, 4.69) is 5.32 Å². The first kappa shape index (κ1) is 17.9. The summed E-state index contributed by atoms with van der Waals surface area (Å²) >= 11 is 0. The summed E-state index contributed by atoms with van der Waals surface area (Å²) in [5.41, 5.74) is 0.686. The van der Waals surface area contributed by atoms with Gasteiger partial charge in [0.1, 0.15) is 0 Å². The predicted molar refractivity (Wildman–Crippen MR) is 93.1 cm³/mol. The van der Waals surface area contributed by atoms with E-state index in [0.29, 0.717) is 31.6 Å². The van der Waals surface area contributed by atoms with E-state index in [1.165, 1.54) is 0 Å². The molecule has 0 spiro atoms. The molecular weight excluding hydrogens is 342 g/mol. The molecule has 2 fully saturated rings. The van der Waals surface area contributed by atoms with Crippen LogP contribution in [0, 0.1) is 0 Å². The molecule has 3 rings (SSSR count). The topological polar surface area (TPSA) is 88.0 Å². The average Bonchev–Trinajstić information content (AvgIpc) is 2.94. The second kappa shape index (κ2) is 7.53. The van der Waals surface area contributed by atoms with Crippen molar-refractivity contribution in [1.29, 1.82) is 0 Å². The molecule has 2 aliphatic heterocycles. The number of rotatable bonds is 4. The van der Waals surface area contributed by atoms with Crippen molar-refractivity contribution in [3.63, 3.8) is 0 Å². The third kappa shape index (κ3) is 4.79. The van der Waals surface area contributed by atoms with E-state index < -0.39 is 9.84 Å². The number of benzene rings is 1. The lowest BCUT2D eigenvalue weighted by Gasteiger charge is -2.32. The van der Waals surface area contributed by atoms with Crippen LogP contribution in [0.3, 0.4) is 0 Å². The molecule has 7 nitrogen and oxygen atoms in total. The van der Waals surface area contributed by atoms with Crippen LogP contribution < -0.4 is 10.2 Å². The molecule has 2 saturated heterocycles. The monoisotopic (exact) mass is 366 g/mol. The van der Waals surface area contributed by atoms with Crippen molar-refractivity contribution in [2.75, 3.05) is 44.2 Å². The number of carbonyl (C=O) groups is 2. The number of quaternary nitrogens is 1. The largest absolute Gasteiger partial charge is 0.347 e. The molecule has 0 bridgehead atoms. The first-order valence-corrected chi connectivity index (χ1v) is 10.4. The normalized spacial score (nSPS) is 23.4. The predicted octanol–water partition coefficient (Wildman–Crippen LogP) is -1.67. The van der Waals surface area contributed by atoms with Gasteiger partial charge in [0.05, 0.1) is 37.7 Å². The van der Waals surface area contributed by atoms with Crippen molar-refractivity contribution in [2.45, 2.75) is 12.5 Å². The van der Waals surface area contributed by atoms with Crippen molar-refractivity contribution < 1.29 is 22.9 Å². The number of sulfone groups is 1. The molecule has 0 saturated carbocycles. The van der Waals surface area contributed by atoms with Crippen LogP contribution in [-0.2, 0) is 14.6 Å². The van der Waals surface area contributed by atoms with Crippen LogP contribution in [0.1, 0.15) is 16.8 Å². The lowest BCUT2D eigenvalue weighted by atomic mass is 10.2. The Morgan fingerprint density at radius 3 is 2.44 bits per heavy atom. The van der Waals surface area contributed by atoms with Crippen molar-refractivity contribution in [3.05, 3.63) is 35.9 Å². The van der Waals surface area contributed by atoms with Crippen molar-refractivity contribution in [2.24, 2.45) is 0 Å². The van der Waals surface area contributed by atoms with Gasteiger partial charge in [0.2, 0.25) is 0 Å². The fraction of sp³-hybridized carbons (Fsp3) is 0.529. The molecule has 2 N–H and O–H groups in total. The summed E-state index contributed by atoms with van der Waals surface area (Å²) < 4.78 is 22.9. The standard InChI is InChI=1S/C17H23N3O4S/c21-16(18-15-6-11-25(23,24)13-15)12-19-7-9-20(10-8-19)17(22)14-4-2-1-3-5-14/h1-5,15H,6-13H2,(H,18,21)/p+1/t15-/m0/s1. The Morgan fingerprint density at radius 1 is 1.16 bits per heavy atom. The number of hydrogen-bond acceptors (Lipinski definition) is 4. The molecule has 8 heteroatoms. The smallest absolute Gasteiger partial charge is 0.275 e. The fourth-order valence-corrected chi connectivity index (χ4v) is 5.05. The molecule has 0 radical (unpaired) electrons. The van der Waals surface area contributed by atoms with E-state index in [4.69, 9.17) is 0 Å². The number of piperazine rings is 1. The highest BCUT2D eigenvalue weighted by atomic mass is 32.2. The number of nitrogens with one attached hydrogen (secondary N) is 2. The van der Waals surface area contributed by atoms with Crippen LogP contribution in [0.15, 0.2) is 30.3 Å². The molecule has 0 aromatic heterocycles. The lowest BCUT2D eigenvalue weighted by Crippen LogP contribution is -3.15. The van der Waals surface area contributed by atoms with Crippen LogP contribution in [0.5, 0.6) is 0 Å². The Morgan fingerprint density at radius 2 is 1.84 bits per heavy atom. The zero-order valence-corrected chi connectivity index (χ0v) is 14.9. The van der Waals surface area contributed by atoms with Gasteiger partial charge in [-0.15, -0.1) is 0 Å². The first-order chi connectivity index (χ1) is 11.9. The van der Waals surface area contributed by atoms with Crippen molar-refractivity contribution >= 4 is 21.7 Å². The van der Waals surface area contributed by atoms with Crippen molar-refractivity contribution in [1.82, 2.24) is 10.2 Å². The van der Waals surface area contributed by atoms with Gasteiger partial charge in [0.15, 0.2) is 16.4 Å². The molecule has 0 aliphatic carbocycles. The summed E-state index contributed by atoms with van der Waals surface area (Å²) in [4.78, 5) is 27.4. The van der Waals surface area contributed by atoms with Gasteiger partial charge < -0.3 is 15.1 Å². The minimum absolute atomic E-state index is 0.0280. The van der Waals surface area contributed by atoms with Gasteiger partial charge in [-0.05, 0) is 18.6 Å². The Balaban J connectivity index is 1.43. The minimum atomic E-state index is -2.98. The van der Waals surface area contributed by atoms with Gasteiger partial charge in [-0.2, -0.15) is 0 Å². The molecule has 2 amide bonds. The van der Waals surface area contributed by atoms with Gasteiger partial charge >= 0.3 is 0 Å². The minimum Gasteiger partial charge on any atom is -0.347 e. The molecule has 2 aliphatic rings. The van der Waals surface area contributed by atoms with E-state index in [-0.39, 0.29) is 29.4 Å². The number of amides is 2. The summed E-state index contributed by atoms with van der Waals surface area (Å²) in [6, 6.07) is 8.95. The fourth-order valence-electron chi connectivity index (χ4n) is 3.38. The summed E-state index contributed by atoms with van der Waals surface area (Å²) in [6.07, 6.45) is 0.503. The molecular formula is C17H24N3O4S+. The Labute approximate surface area is 147 Å². The van der Waals surface area contributed by atoms with Crippen LogP contribution >= 0.6 is 0 Å². The van der Waals surface area contributed by atoms with Crippen LogP contribution in [0.2, 0.25) is 0 Å². The van der Waals surface area contributed by atoms with E-state index in [1.807, 2.05) is 35.2 Å². The molecule has 1 atom stereocenters. The highest BCUT2D eigenvalue weighted by Gasteiger charge is 2.31. The van der Waals surface area contributed by atoms with E-state index in [9.17, 15) is 18.0 Å². The SMILES string of the molecule is O=C(C[NH+]1CCN(C(=O)c2ccccc2)CC1)N[C@H]1CCS(=O)(=O)C1. The van der Waals surface area contributed by atoms with Gasteiger partial charge in [-0.3, -0.25) is 9.59 Å². The zero-order chi connectivity index (χ0) is 17.9. The van der Waals surface area contributed by atoms with Crippen LogP contribution in [0.25, 0.3) is 0 Å². The number of nitrogens with zero attached hydrogens (tertiary/aromatic N) is 1. The Kier molecular flexibility index (Phi) is 5.39. The van der Waals surface area contributed by atoms with Gasteiger partial charge in [0.25, 0.3) is 11.8 Å². The first-order valence-electron chi connectivity index (χ1n) is 8.61. The Hall–Kier alpha value is -1.93. The molecule has 1 aromatic carbocycles. The van der Waals surface area contributed by atoms with E-state index in [0.717, 1.165) is 18.0 Å². The quantitative estimate of drug-likeness (QED) is 0.667. The highest BCUT2D eigenvalue weighted by Crippen LogP contribution is 2.10. The lowest BCUT2D eigenvalue weighted by molar-refractivity contribution is -0.896. The Bertz CT molecular complexity index is 728. The molecule has 2 heterocycles. The third-order valence-electron chi connectivity index (χ3n) is 4.79.